The molecule has 1 aromatic rings. The molecule has 0 radical (unpaired) electrons. The van der Waals surface area contributed by atoms with Crippen molar-refractivity contribution in [2.45, 2.75) is 70.6 Å². The Hall–Kier alpha value is -1.77. The summed E-state index contributed by atoms with van der Waals surface area (Å²) in [4.78, 5) is 11.4. The van der Waals surface area contributed by atoms with Crippen LogP contribution in [-0.4, -0.2) is 60.3 Å². The molecule has 0 aliphatic carbocycles. The Bertz CT molecular complexity index is 741. The molecule has 0 unspecified atom stereocenters. The molecule has 0 saturated carbocycles. The first-order valence-corrected chi connectivity index (χ1v) is 9.81. The average Bonchev–Trinajstić information content (AvgIpc) is 3.16. The minimum absolute atomic E-state index is 0.0958. The number of carbonyl (C=O) groups is 1. The van der Waals surface area contributed by atoms with Gasteiger partial charge in [0.05, 0.1) is 6.61 Å². The predicted octanol–water partition coefficient (Wildman–Crippen LogP) is 2.67. The van der Waals surface area contributed by atoms with Crippen LogP contribution >= 0.6 is 0 Å². The van der Waals surface area contributed by atoms with Crippen LogP contribution in [0.25, 0.3) is 5.57 Å². The van der Waals surface area contributed by atoms with Crippen LogP contribution in [0.1, 0.15) is 40.2 Å². The Kier molecular flexibility index (Phi) is 6.45. The number of aliphatic hydroxyl groups is 1. The maximum atomic E-state index is 11.4. The van der Waals surface area contributed by atoms with Crippen LogP contribution in [0.5, 0.6) is 0 Å². The zero-order valence-corrected chi connectivity index (χ0v) is 17.6. The number of benzene rings is 1. The van der Waals surface area contributed by atoms with Crippen LogP contribution in [0.2, 0.25) is 0 Å². The van der Waals surface area contributed by atoms with Crippen molar-refractivity contribution < 1.29 is 33.6 Å². The zero-order chi connectivity index (χ0) is 21.2. The third kappa shape index (κ3) is 5.65. The molecule has 2 saturated heterocycles. The van der Waals surface area contributed by atoms with Crippen LogP contribution in [0.4, 0.5) is 0 Å². The first-order chi connectivity index (χ1) is 13.6. The van der Waals surface area contributed by atoms with Crippen LogP contribution in [0.3, 0.4) is 0 Å². The minimum atomic E-state index is -0.953. The quantitative estimate of drug-likeness (QED) is 0.727. The number of esters is 1. The molecule has 1 aromatic carbocycles. The lowest BCUT2D eigenvalue weighted by Crippen LogP contribution is -2.44. The molecule has 1 N–H and O–H groups in total. The molecule has 2 fully saturated rings. The van der Waals surface area contributed by atoms with Crippen molar-refractivity contribution in [2.24, 2.45) is 0 Å². The van der Waals surface area contributed by atoms with Crippen LogP contribution in [-0.2, 0) is 28.5 Å². The molecule has 7 heteroatoms. The van der Waals surface area contributed by atoms with Gasteiger partial charge in [0.1, 0.15) is 31.0 Å². The van der Waals surface area contributed by atoms with Gasteiger partial charge in [-0.15, -0.1) is 0 Å². The summed E-state index contributed by atoms with van der Waals surface area (Å²) < 4.78 is 28.7. The summed E-state index contributed by atoms with van der Waals surface area (Å²) in [5, 5.41) is 11.0. The second kappa shape index (κ2) is 8.53. The van der Waals surface area contributed by atoms with E-state index in [9.17, 15) is 9.90 Å². The van der Waals surface area contributed by atoms with E-state index in [0.29, 0.717) is 0 Å². The van der Waals surface area contributed by atoms with E-state index in [1.165, 1.54) is 6.92 Å². The fourth-order valence-electron chi connectivity index (χ4n) is 3.56. The SMILES string of the molecule is CC(=O)OC/C(=C/[C@@H]1OC(C)(C)O[C@@H]1[C@@H](O)[C@H]1COC(C)(C)O1)c1ccccc1. The van der Waals surface area contributed by atoms with Gasteiger partial charge in [0, 0.05) is 6.92 Å². The van der Waals surface area contributed by atoms with Crippen molar-refractivity contribution in [1.29, 1.82) is 0 Å². The number of aliphatic hydroxyl groups excluding tert-OH is 1. The second-order valence-corrected chi connectivity index (χ2v) is 8.26. The molecule has 2 aliphatic rings. The van der Waals surface area contributed by atoms with Gasteiger partial charge in [-0.3, -0.25) is 4.79 Å². The summed E-state index contributed by atoms with van der Waals surface area (Å²) in [6.07, 6.45) is -0.855. The van der Waals surface area contributed by atoms with Gasteiger partial charge in [-0.1, -0.05) is 30.3 Å². The summed E-state index contributed by atoms with van der Waals surface area (Å²) in [6.45, 7) is 8.93. The van der Waals surface area contributed by atoms with E-state index in [2.05, 4.69) is 0 Å². The fourth-order valence-corrected chi connectivity index (χ4v) is 3.56. The van der Waals surface area contributed by atoms with E-state index in [1.54, 1.807) is 27.7 Å². The lowest BCUT2D eigenvalue weighted by atomic mass is 9.98. The van der Waals surface area contributed by atoms with Gasteiger partial charge in [-0.05, 0) is 44.9 Å². The van der Waals surface area contributed by atoms with Crippen LogP contribution in [0.15, 0.2) is 36.4 Å². The maximum Gasteiger partial charge on any atom is 0.302 e. The molecule has 29 heavy (non-hydrogen) atoms. The van der Waals surface area contributed by atoms with E-state index in [0.717, 1.165) is 11.1 Å². The molecule has 0 bridgehead atoms. The summed E-state index contributed by atoms with van der Waals surface area (Å²) in [5.74, 6) is -2.01. The van der Waals surface area contributed by atoms with Gasteiger partial charge in [0.25, 0.3) is 0 Å². The largest absolute Gasteiger partial charge is 0.461 e. The number of hydrogen-bond acceptors (Lipinski definition) is 7. The van der Waals surface area contributed by atoms with Crippen molar-refractivity contribution >= 4 is 11.5 Å². The van der Waals surface area contributed by atoms with Gasteiger partial charge in [0.2, 0.25) is 0 Å². The molecule has 0 spiro atoms. The molecule has 0 amide bonds. The lowest BCUT2D eigenvalue weighted by molar-refractivity contribution is -0.178. The Balaban J connectivity index is 1.86. The van der Waals surface area contributed by atoms with Gasteiger partial charge in [0.15, 0.2) is 11.6 Å². The molecular weight excluding hydrogens is 376 g/mol. The Morgan fingerprint density at radius 1 is 1.17 bits per heavy atom. The molecule has 3 rings (SSSR count). The first-order valence-electron chi connectivity index (χ1n) is 9.81. The van der Waals surface area contributed by atoms with Crippen molar-refractivity contribution in [2.75, 3.05) is 13.2 Å². The Morgan fingerprint density at radius 3 is 2.45 bits per heavy atom. The van der Waals surface area contributed by atoms with Gasteiger partial charge in [-0.2, -0.15) is 0 Å². The number of hydrogen-bond donors (Lipinski definition) is 1. The molecule has 4 atom stereocenters. The maximum absolute atomic E-state index is 11.4. The number of carbonyl (C=O) groups excluding carboxylic acids is 1. The number of ether oxygens (including phenoxy) is 5. The highest BCUT2D eigenvalue weighted by atomic mass is 16.8. The summed E-state index contributed by atoms with van der Waals surface area (Å²) in [7, 11) is 0. The normalized spacial score (nSPS) is 29.6. The first kappa shape index (κ1) is 21.9. The lowest BCUT2D eigenvalue weighted by Gasteiger charge is -2.26. The molecule has 2 aliphatic heterocycles. The van der Waals surface area contributed by atoms with E-state index < -0.39 is 36.0 Å². The molecule has 7 nitrogen and oxygen atoms in total. The predicted molar refractivity (Wildman–Crippen MR) is 106 cm³/mol. The fraction of sp³-hybridized carbons (Fsp3) is 0.591. The Morgan fingerprint density at radius 2 is 1.86 bits per heavy atom. The smallest absolute Gasteiger partial charge is 0.302 e. The van der Waals surface area contributed by atoms with Gasteiger partial charge < -0.3 is 28.8 Å². The molecule has 160 valence electrons. The Labute approximate surface area is 171 Å². The van der Waals surface area contributed by atoms with E-state index in [-0.39, 0.29) is 19.2 Å². The molecule has 2 heterocycles. The average molecular weight is 406 g/mol. The third-order valence-corrected chi connectivity index (χ3v) is 4.85. The standard InChI is InChI=1S/C22H30O7/c1-14(23)25-12-16(15-9-7-6-8-10-15)11-17-20(29-22(4,5)27-17)19(24)18-13-26-21(2,3)28-18/h6-11,17-20,24H,12-13H2,1-5H3/b16-11-/t17-,18+,19-,20-/m0/s1. The minimum Gasteiger partial charge on any atom is -0.461 e. The topological polar surface area (TPSA) is 83.5 Å². The van der Waals surface area contributed by atoms with Crippen molar-refractivity contribution in [3.63, 3.8) is 0 Å². The van der Waals surface area contributed by atoms with E-state index >= 15 is 0 Å². The molecule has 0 aromatic heterocycles. The van der Waals surface area contributed by atoms with Crippen molar-refractivity contribution in [1.82, 2.24) is 0 Å². The van der Waals surface area contributed by atoms with Gasteiger partial charge in [-0.25, -0.2) is 0 Å². The van der Waals surface area contributed by atoms with E-state index in [1.807, 2.05) is 36.4 Å². The second-order valence-electron chi connectivity index (χ2n) is 8.26. The molecular formula is C22H30O7. The summed E-state index contributed by atoms with van der Waals surface area (Å²) >= 11 is 0. The third-order valence-electron chi connectivity index (χ3n) is 4.85. The summed E-state index contributed by atoms with van der Waals surface area (Å²) in [6, 6.07) is 9.59. The summed E-state index contributed by atoms with van der Waals surface area (Å²) in [5.41, 5.74) is 1.67. The monoisotopic (exact) mass is 406 g/mol. The van der Waals surface area contributed by atoms with E-state index in [4.69, 9.17) is 23.7 Å². The number of rotatable bonds is 6. The van der Waals surface area contributed by atoms with Crippen LogP contribution < -0.4 is 0 Å². The van der Waals surface area contributed by atoms with Crippen LogP contribution in [0, 0.1) is 0 Å². The van der Waals surface area contributed by atoms with Crippen molar-refractivity contribution in [3.05, 3.63) is 42.0 Å². The highest BCUT2D eigenvalue weighted by Gasteiger charge is 2.49. The zero-order valence-electron chi connectivity index (χ0n) is 17.6. The van der Waals surface area contributed by atoms with Gasteiger partial charge >= 0.3 is 5.97 Å². The highest BCUT2D eigenvalue weighted by Crippen LogP contribution is 2.36. The highest BCUT2D eigenvalue weighted by molar-refractivity contribution is 5.71. The van der Waals surface area contributed by atoms with Crippen molar-refractivity contribution in [3.8, 4) is 0 Å².